The van der Waals surface area contributed by atoms with Gasteiger partial charge in [-0.3, -0.25) is 4.46 Å². The summed E-state index contributed by atoms with van der Waals surface area (Å²) in [7, 11) is 1.52. The monoisotopic (exact) mass is 314 g/mol. The standard InChI is InChI=1S/C10H22O9Si/c1-8(2,11)18-20(13)19-9(12,7-14-3)10(15-4,16-5)17-6/h11-12H,7H2,1-6H3. The third-order valence-electron chi connectivity index (χ3n) is 2.21. The highest BCUT2D eigenvalue weighted by atomic mass is 28.3. The molecule has 0 aliphatic heterocycles. The smallest absolute Gasteiger partial charge is 0.468 e. The molecule has 20 heavy (non-hydrogen) atoms. The van der Waals surface area contributed by atoms with Crippen molar-refractivity contribution in [1.82, 2.24) is 0 Å². The Hall–Kier alpha value is -0.623. The van der Waals surface area contributed by atoms with Crippen LogP contribution in [0.1, 0.15) is 13.8 Å². The molecule has 0 aromatic heterocycles. The molecule has 9 nitrogen and oxygen atoms in total. The number of aliphatic hydroxyl groups is 2. The molecule has 0 amide bonds. The number of hydrogen-bond donors (Lipinski definition) is 2. The topological polar surface area (TPSA) is 113 Å². The molecule has 2 N–H and O–H groups in total. The van der Waals surface area contributed by atoms with Crippen LogP contribution in [0, 0.1) is 0 Å². The molecule has 0 heterocycles. The van der Waals surface area contributed by atoms with Gasteiger partial charge in [-0.25, -0.2) is 0 Å². The van der Waals surface area contributed by atoms with Crippen molar-refractivity contribution in [2.45, 2.75) is 31.4 Å². The van der Waals surface area contributed by atoms with Gasteiger partial charge in [0.25, 0.3) is 0 Å². The second-order valence-electron chi connectivity index (χ2n) is 4.29. The van der Waals surface area contributed by atoms with Crippen molar-refractivity contribution in [3.05, 3.63) is 0 Å². The number of rotatable bonds is 10. The van der Waals surface area contributed by atoms with Crippen molar-refractivity contribution < 1.29 is 42.5 Å². The normalized spacial score (nSPS) is 15.6. The van der Waals surface area contributed by atoms with Gasteiger partial charge in [-0.1, -0.05) is 0 Å². The molecule has 120 valence electrons. The van der Waals surface area contributed by atoms with Gasteiger partial charge >= 0.3 is 20.9 Å². The van der Waals surface area contributed by atoms with Crippen molar-refractivity contribution in [3.63, 3.8) is 0 Å². The minimum Gasteiger partial charge on any atom is -0.468 e. The Morgan fingerprint density at radius 1 is 0.950 bits per heavy atom. The van der Waals surface area contributed by atoms with Crippen LogP contribution in [0.25, 0.3) is 0 Å². The zero-order chi connectivity index (χ0) is 16.0. The van der Waals surface area contributed by atoms with Gasteiger partial charge in [-0.15, -0.1) is 0 Å². The zero-order valence-corrected chi connectivity index (χ0v) is 13.5. The molecule has 1 unspecified atom stereocenters. The van der Waals surface area contributed by atoms with Crippen molar-refractivity contribution in [2.24, 2.45) is 0 Å². The third-order valence-corrected chi connectivity index (χ3v) is 3.38. The van der Waals surface area contributed by atoms with Gasteiger partial charge < -0.3 is 38.0 Å². The molecule has 0 fully saturated rings. The van der Waals surface area contributed by atoms with Crippen LogP contribution in [-0.4, -0.2) is 72.0 Å². The summed E-state index contributed by atoms with van der Waals surface area (Å²) in [6.45, 7) is 2.02. The van der Waals surface area contributed by atoms with Crippen LogP contribution >= 0.6 is 0 Å². The Bertz CT molecular complexity index is 304. The van der Waals surface area contributed by atoms with E-state index in [1.54, 1.807) is 0 Å². The van der Waals surface area contributed by atoms with E-state index in [2.05, 4.69) is 0 Å². The van der Waals surface area contributed by atoms with E-state index in [4.69, 9.17) is 27.8 Å². The first kappa shape index (κ1) is 19.4. The largest absolute Gasteiger partial charge is 0.771 e. The van der Waals surface area contributed by atoms with E-state index in [0.717, 1.165) is 0 Å². The van der Waals surface area contributed by atoms with Gasteiger partial charge in [0, 0.05) is 28.4 Å². The molecule has 0 radical (unpaired) electrons. The number of methoxy groups -OCH3 is 4. The Kier molecular flexibility index (Phi) is 7.17. The molecule has 0 spiro atoms. The molecule has 0 aliphatic carbocycles. The van der Waals surface area contributed by atoms with Gasteiger partial charge in [0.2, 0.25) is 0 Å². The molecule has 0 saturated carbocycles. The van der Waals surface area contributed by atoms with Crippen LogP contribution in [0.2, 0.25) is 0 Å². The van der Waals surface area contributed by atoms with E-state index in [9.17, 15) is 14.7 Å². The summed E-state index contributed by atoms with van der Waals surface area (Å²) in [6, 6.07) is 0. The van der Waals surface area contributed by atoms with Crippen LogP contribution in [-0.2, 0) is 32.3 Å². The van der Waals surface area contributed by atoms with Gasteiger partial charge in [0.1, 0.15) is 6.61 Å². The maximum absolute atomic E-state index is 11.7. The van der Waals surface area contributed by atoms with E-state index < -0.39 is 33.3 Å². The average molecular weight is 314 g/mol. The van der Waals surface area contributed by atoms with E-state index >= 15 is 0 Å². The number of hydrogen-bond acceptors (Lipinski definition) is 9. The number of ether oxygens (including phenoxy) is 4. The summed E-state index contributed by atoms with van der Waals surface area (Å²) in [5.74, 6) is -6.19. The van der Waals surface area contributed by atoms with Crippen molar-refractivity contribution in [2.75, 3.05) is 35.0 Å². The first-order chi connectivity index (χ1) is 9.09. The fraction of sp³-hybridized carbons (Fsp3) is 1.00. The van der Waals surface area contributed by atoms with E-state index in [-0.39, 0.29) is 0 Å². The van der Waals surface area contributed by atoms with E-state index in [1.807, 2.05) is 0 Å². The predicted molar refractivity (Wildman–Crippen MR) is 65.5 cm³/mol. The Morgan fingerprint density at radius 2 is 1.40 bits per heavy atom. The van der Waals surface area contributed by atoms with Gasteiger partial charge in [-0.2, -0.15) is 0 Å². The van der Waals surface area contributed by atoms with Crippen LogP contribution in [0.5, 0.6) is 0 Å². The molecule has 0 aliphatic rings. The molecule has 0 aromatic carbocycles. The summed E-state index contributed by atoms with van der Waals surface area (Å²) in [6.07, 6.45) is 0. The van der Waals surface area contributed by atoms with E-state index in [1.165, 1.54) is 42.3 Å². The summed E-state index contributed by atoms with van der Waals surface area (Å²) >= 11 is 0. The summed E-state index contributed by atoms with van der Waals surface area (Å²) < 4.78 is 41.0. The minimum atomic E-state index is -3.31. The quantitative estimate of drug-likeness (QED) is 0.391. The molecular formula is C10H22O9Si. The fourth-order valence-electron chi connectivity index (χ4n) is 1.47. The van der Waals surface area contributed by atoms with Gasteiger partial charge in [0.05, 0.1) is 0 Å². The zero-order valence-electron chi connectivity index (χ0n) is 12.5. The van der Waals surface area contributed by atoms with Crippen molar-refractivity contribution >= 4 is 9.17 Å². The molecule has 0 bridgehead atoms. The molecule has 0 rings (SSSR count). The molecule has 0 aromatic rings. The highest BCUT2D eigenvalue weighted by Crippen LogP contribution is 2.30. The maximum atomic E-state index is 11.7. The van der Waals surface area contributed by atoms with E-state index in [0.29, 0.717) is 0 Å². The second-order valence-corrected chi connectivity index (χ2v) is 5.20. The highest BCUT2D eigenvalue weighted by molar-refractivity contribution is 6.26. The SMILES string of the molecule is COCC(O)(O[Si](=O)OC(C)(C)O)C(OC)(OC)OC. The highest BCUT2D eigenvalue weighted by Gasteiger charge is 2.58. The fourth-order valence-corrected chi connectivity index (χ4v) is 2.38. The first-order valence-electron chi connectivity index (χ1n) is 5.61. The van der Waals surface area contributed by atoms with Crippen LogP contribution in [0.3, 0.4) is 0 Å². The average Bonchev–Trinajstić information content (AvgIpc) is 2.29. The summed E-state index contributed by atoms with van der Waals surface area (Å²) in [5, 5.41) is 19.8. The lowest BCUT2D eigenvalue weighted by Gasteiger charge is -2.41. The minimum absolute atomic E-state index is 0.492. The van der Waals surface area contributed by atoms with Crippen LogP contribution in [0.4, 0.5) is 0 Å². The Balaban J connectivity index is 5.24. The van der Waals surface area contributed by atoms with Crippen molar-refractivity contribution in [1.29, 1.82) is 0 Å². The van der Waals surface area contributed by atoms with Gasteiger partial charge in [-0.05, 0) is 13.8 Å². The lowest BCUT2D eigenvalue weighted by atomic mass is 10.2. The van der Waals surface area contributed by atoms with Crippen molar-refractivity contribution in [3.8, 4) is 0 Å². The molecular weight excluding hydrogens is 292 g/mol. The summed E-state index contributed by atoms with van der Waals surface area (Å²) in [5.41, 5.74) is 0. The summed E-state index contributed by atoms with van der Waals surface area (Å²) in [4.78, 5) is 0. The van der Waals surface area contributed by atoms with Crippen LogP contribution < -0.4 is 0 Å². The predicted octanol–water partition coefficient (Wildman–Crippen LogP) is -0.909. The molecule has 0 saturated heterocycles. The Labute approximate surface area is 119 Å². The first-order valence-corrected chi connectivity index (χ1v) is 6.83. The Morgan fingerprint density at radius 3 is 1.70 bits per heavy atom. The van der Waals surface area contributed by atoms with Gasteiger partial charge in [0.15, 0.2) is 5.79 Å². The molecule has 1 atom stereocenters. The molecule has 10 heteroatoms. The van der Waals surface area contributed by atoms with Crippen LogP contribution in [0.15, 0.2) is 0 Å². The lowest BCUT2D eigenvalue weighted by molar-refractivity contribution is -0.468. The third kappa shape index (κ3) is 4.73. The maximum Gasteiger partial charge on any atom is 0.771 e. The lowest BCUT2D eigenvalue weighted by Crippen LogP contribution is -2.63. The second kappa shape index (κ2) is 7.40.